The van der Waals surface area contributed by atoms with E-state index < -0.39 is 0 Å². The lowest BCUT2D eigenvalue weighted by molar-refractivity contribution is 0.162. The molecule has 3 rings (SSSR count). The molecule has 0 bridgehead atoms. The van der Waals surface area contributed by atoms with E-state index in [1.807, 2.05) is 12.3 Å². The number of hydrogen-bond acceptors (Lipinski definition) is 3. The fourth-order valence-electron chi connectivity index (χ4n) is 3.35. The van der Waals surface area contributed by atoms with E-state index >= 15 is 0 Å². The summed E-state index contributed by atoms with van der Waals surface area (Å²) < 4.78 is 0. The Morgan fingerprint density at radius 2 is 2.04 bits per heavy atom. The Kier molecular flexibility index (Phi) is 8.17. The lowest BCUT2D eigenvalue weighted by Gasteiger charge is -2.31. The molecule has 2 heterocycles. The number of aromatic nitrogens is 1. The van der Waals surface area contributed by atoms with Crippen molar-refractivity contribution in [2.24, 2.45) is 0 Å². The standard InChI is InChI=1S/C20H26ClN3.ClH/c1-16-7-8-17(13-20(16)21)14-24(15-18-5-2-3-11-23-18)19-6-4-10-22-12-9-19;/h2-3,5,7-8,11,13,19,22H,4,6,9-10,12,14-15H2,1H3;1H. The molecular weight excluding hydrogens is 353 g/mol. The molecule has 0 radical (unpaired) electrons. The van der Waals surface area contributed by atoms with E-state index in [2.05, 4.69) is 52.5 Å². The topological polar surface area (TPSA) is 28.2 Å². The van der Waals surface area contributed by atoms with Gasteiger partial charge in [-0.2, -0.15) is 0 Å². The molecule has 0 amide bonds. The van der Waals surface area contributed by atoms with E-state index in [4.69, 9.17) is 11.6 Å². The molecule has 1 aromatic carbocycles. The predicted octanol–water partition coefficient (Wildman–Crippen LogP) is 4.61. The normalized spacial score (nSPS) is 17.8. The van der Waals surface area contributed by atoms with Crippen molar-refractivity contribution in [1.29, 1.82) is 0 Å². The Morgan fingerprint density at radius 3 is 2.80 bits per heavy atom. The Labute approximate surface area is 162 Å². The zero-order valence-corrected chi connectivity index (χ0v) is 16.3. The van der Waals surface area contributed by atoms with Gasteiger partial charge < -0.3 is 5.32 Å². The van der Waals surface area contributed by atoms with Crippen LogP contribution in [-0.2, 0) is 13.1 Å². The zero-order valence-electron chi connectivity index (χ0n) is 14.7. The van der Waals surface area contributed by atoms with Gasteiger partial charge in [0.1, 0.15) is 0 Å². The van der Waals surface area contributed by atoms with Crippen LogP contribution in [0.5, 0.6) is 0 Å². The second-order valence-corrected chi connectivity index (χ2v) is 7.05. The van der Waals surface area contributed by atoms with Crippen molar-refractivity contribution in [3.63, 3.8) is 0 Å². The van der Waals surface area contributed by atoms with Gasteiger partial charge in [0, 0.05) is 30.4 Å². The molecule has 0 aliphatic carbocycles. The fraction of sp³-hybridized carbons (Fsp3) is 0.450. The summed E-state index contributed by atoms with van der Waals surface area (Å²) in [5.41, 5.74) is 3.54. The second-order valence-electron chi connectivity index (χ2n) is 6.64. The van der Waals surface area contributed by atoms with Crippen LogP contribution in [0.15, 0.2) is 42.6 Å². The van der Waals surface area contributed by atoms with E-state index in [9.17, 15) is 0 Å². The molecule has 1 saturated heterocycles. The van der Waals surface area contributed by atoms with E-state index in [-0.39, 0.29) is 12.4 Å². The maximum atomic E-state index is 6.33. The highest BCUT2D eigenvalue weighted by Gasteiger charge is 2.21. The molecule has 1 N–H and O–H groups in total. The van der Waals surface area contributed by atoms with Crippen molar-refractivity contribution >= 4 is 24.0 Å². The van der Waals surface area contributed by atoms with Crippen molar-refractivity contribution in [2.75, 3.05) is 13.1 Å². The van der Waals surface area contributed by atoms with Gasteiger partial charge in [-0.1, -0.05) is 29.8 Å². The molecule has 1 aliphatic rings. The van der Waals surface area contributed by atoms with Crippen LogP contribution in [0.1, 0.15) is 36.1 Å². The smallest absolute Gasteiger partial charge is 0.0544 e. The average Bonchev–Trinajstić information content (AvgIpc) is 2.88. The molecule has 5 heteroatoms. The quantitative estimate of drug-likeness (QED) is 0.821. The molecule has 3 nitrogen and oxygen atoms in total. The van der Waals surface area contributed by atoms with Crippen molar-refractivity contribution in [2.45, 2.75) is 45.3 Å². The minimum atomic E-state index is 0. The third-order valence-corrected chi connectivity index (χ3v) is 5.18. The lowest BCUT2D eigenvalue weighted by atomic mass is 10.0. The van der Waals surface area contributed by atoms with Gasteiger partial charge in [0.25, 0.3) is 0 Å². The van der Waals surface area contributed by atoms with Gasteiger partial charge in [0.15, 0.2) is 0 Å². The molecule has 1 aliphatic heterocycles. The number of halogens is 2. The fourth-order valence-corrected chi connectivity index (χ4v) is 3.55. The lowest BCUT2D eigenvalue weighted by Crippen LogP contribution is -2.35. The molecule has 1 aromatic heterocycles. The summed E-state index contributed by atoms with van der Waals surface area (Å²) in [4.78, 5) is 7.09. The molecule has 1 atom stereocenters. The molecule has 0 saturated carbocycles. The first-order chi connectivity index (χ1) is 11.7. The van der Waals surface area contributed by atoms with Crippen LogP contribution in [0, 0.1) is 6.92 Å². The summed E-state index contributed by atoms with van der Waals surface area (Å²) in [7, 11) is 0. The van der Waals surface area contributed by atoms with Gasteiger partial charge in [-0.05, 0) is 68.6 Å². The van der Waals surface area contributed by atoms with Crippen LogP contribution in [0.4, 0.5) is 0 Å². The Bertz CT molecular complexity index is 641. The molecule has 25 heavy (non-hydrogen) atoms. The number of rotatable bonds is 5. The van der Waals surface area contributed by atoms with Crippen LogP contribution in [0.2, 0.25) is 5.02 Å². The van der Waals surface area contributed by atoms with Gasteiger partial charge in [-0.3, -0.25) is 9.88 Å². The Hall–Kier alpha value is -1.13. The van der Waals surface area contributed by atoms with Crippen LogP contribution in [0.25, 0.3) is 0 Å². The van der Waals surface area contributed by atoms with Crippen LogP contribution < -0.4 is 5.32 Å². The summed E-state index contributed by atoms with van der Waals surface area (Å²) in [6.45, 7) is 6.08. The van der Waals surface area contributed by atoms with Crippen molar-refractivity contribution in [3.8, 4) is 0 Å². The van der Waals surface area contributed by atoms with E-state index in [1.54, 1.807) is 0 Å². The first-order valence-corrected chi connectivity index (χ1v) is 9.20. The Balaban J connectivity index is 0.00000225. The molecule has 2 aromatic rings. The number of aryl methyl sites for hydroxylation is 1. The summed E-state index contributed by atoms with van der Waals surface area (Å²) in [6.07, 6.45) is 5.54. The molecule has 1 unspecified atom stereocenters. The monoisotopic (exact) mass is 379 g/mol. The van der Waals surface area contributed by atoms with Gasteiger partial charge >= 0.3 is 0 Å². The number of hydrogen-bond donors (Lipinski definition) is 1. The van der Waals surface area contributed by atoms with Crippen LogP contribution in [0.3, 0.4) is 0 Å². The third kappa shape index (κ3) is 5.96. The minimum absolute atomic E-state index is 0. The van der Waals surface area contributed by atoms with Crippen molar-refractivity contribution in [1.82, 2.24) is 15.2 Å². The Morgan fingerprint density at radius 1 is 1.16 bits per heavy atom. The highest BCUT2D eigenvalue weighted by Crippen LogP contribution is 2.22. The van der Waals surface area contributed by atoms with Gasteiger partial charge in [-0.25, -0.2) is 0 Å². The van der Waals surface area contributed by atoms with Gasteiger partial charge in [0.05, 0.1) is 5.69 Å². The van der Waals surface area contributed by atoms with E-state index in [0.29, 0.717) is 6.04 Å². The highest BCUT2D eigenvalue weighted by molar-refractivity contribution is 6.31. The summed E-state index contributed by atoms with van der Waals surface area (Å²) in [6, 6.07) is 13.2. The van der Waals surface area contributed by atoms with Crippen molar-refractivity contribution < 1.29 is 0 Å². The number of nitrogens with zero attached hydrogens (tertiary/aromatic N) is 2. The number of pyridine rings is 1. The largest absolute Gasteiger partial charge is 0.317 e. The number of benzene rings is 1. The molecule has 0 spiro atoms. The molecular formula is C20H27Cl2N3. The maximum Gasteiger partial charge on any atom is 0.0544 e. The predicted molar refractivity (Wildman–Crippen MR) is 107 cm³/mol. The number of nitrogens with one attached hydrogen (secondary N) is 1. The molecule has 136 valence electrons. The minimum Gasteiger partial charge on any atom is -0.317 e. The van der Waals surface area contributed by atoms with Crippen LogP contribution >= 0.6 is 24.0 Å². The zero-order chi connectivity index (χ0) is 16.8. The molecule has 1 fully saturated rings. The summed E-state index contributed by atoms with van der Waals surface area (Å²) >= 11 is 6.33. The maximum absolute atomic E-state index is 6.33. The van der Waals surface area contributed by atoms with E-state index in [1.165, 1.54) is 24.8 Å². The summed E-state index contributed by atoms with van der Waals surface area (Å²) in [5, 5.41) is 4.37. The second kappa shape index (κ2) is 10.1. The van der Waals surface area contributed by atoms with Crippen LogP contribution in [-0.4, -0.2) is 29.0 Å². The SMILES string of the molecule is Cc1ccc(CN(Cc2ccccn2)C2CCCNCC2)cc1Cl.Cl. The van der Waals surface area contributed by atoms with Gasteiger partial charge in [0.2, 0.25) is 0 Å². The first-order valence-electron chi connectivity index (χ1n) is 8.82. The van der Waals surface area contributed by atoms with Gasteiger partial charge in [-0.15, -0.1) is 12.4 Å². The first kappa shape index (κ1) is 20.2. The average molecular weight is 380 g/mol. The van der Waals surface area contributed by atoms with E-state index in [0.717, 1.165) is 42.5 Å². The summed E-state index contributed by atoms with van der Waals surface area (Å²) in [5.74, 6) is 0. The highest BCUT2D eigenvalue weighted by atomic mass is 35.5. The third-order valence-electron chi connectivity index (χ3n) is 4.77. The van der Waals surface area contributed by atoms with Crippen molar-refractivity contribution in [3.05, 3.63) is 64.4 Å².